The van der Waals surface area contributed by atoms with Gasteiger partial charge in [-0.25, -0.2) is 4.79 Å². The molecule has 1 aliphatic heterocycles. The summed E-state index contributed by atoms with van der Waals surface area (Å²) in [5, 5.41) is 0.785. The third kappa shape index (κ3) is 3.16. The lowest BCUT2D eigenvalue weighted by Gasteiger charge is -2.23. The van der Waals surface area contributed by atoms with Gasteiger partial charge in [0.15, 0.2) is 5.82 Å². The van der Waals surface area contributed by atoms with Gasteiger partial charge in [0.1, 0.15) is 10.6 Å². The molecule has 0 bridgehead atoms. The van der Waals surface area contributed by atoms with Gasteiger partial charge in [-0.05, 0) is 31.8 Å². The van der Waals surface area contributed by atoms with Crippen molar-refractivity contribution in [2.75, 3.05) is 36.9 Å². The van der Waals surface area contributed by atoms with Crippen LogP contribution in [-0.2, 0) is 9.47 Å². The average Bonchev–Trinajstić information content (AvgIpc) is 2.61. The molecule has 0 saturated carbocycles. The molecule has 0 aliphatic carbocycles. The molecule has 2 heterocycles. The fraction of sp³-hybridized carbons (Fsp3) is 0.667. The van der Waals surface area contributed by atoms with Gasteiger partial charge in [-0.2, -0.15) is 4.37 Å². The second kappa shape index (κ2) is 6.21. The largest absolute Gasteiger partial charge is 0.462 e. The Balaban J connectivity index is 2.26. The van der Waals surface area contributed by atoms with Crippen LogP contribution in [0.5, 0.6) is 0 Å². The molecule has 0 spiro atoms. The highest BCUT2D eigenvalue weighted by atomic mass is 32.1. The summed E-state index contributed by atoms with van der Waals surface area (Å²) < 4.78 is 14.7. The molecule has 1 aromatic heterocycles. The minimum absolute atomic E-state index is 0.126. The Bertz CT molecular complexity index is 449. The summed E-state index contributed by atoms with van der Waals surface area (Å²) in [5.74, 6) is -0.155. The maximum Gasteiger partial charge on any atom is 0.345 e. The van der Waals surface area contributed by atoms with Gasteiger partial charge in [0.2, 0.25) is 0 Å². The molecule has 7 heteroatoms. The lowest BCUT2D eigenvalue weighted by atomic mass is 10.2. The van der Waals surface area contributed by atoms with E-state index in [1.54, 1.807) is 6.92 Å². The number of rotatable bonds is 3. The molecule has 1 aromatic rings. The van der Waals surface area contributed by atoms with Crippen molar-refractivity contribution < 1.29 is 14.3 Å². The first-order chi connectivity index (χ1) is 9.13. The van der Waals surface area contributed by atoms with E-state index < -0.39 is 5.97 Å². The van der Waals surface area contributed by atoms with Crippen molar-refractivity contribution >= 4 is 28.3 Å². The van der Waals surface area contributed by atoms with Crippen LogP contribution < -0.4 is 10.6 Å². The number of carbonyl (C=O) groups excluding carboxylic acids is 1. The molecule has 1 atom stereocenters. The summed E-state index contributed by atoms with van der Waals surface area (Å²) >= 11 is 1.24. The molecule has 0 amide bonds. The molecule has 6 nitrogen and oxygen atoms in total. The van der Waals surface area contributed by atoms with Crippen LogP contribution in [0.4, 0.5) is 10.8 Å². The second-order valence-electron chi connectivity index (χ2n) is 4.45. The van der Waals surface area contributed by atoms with Crippen LogP contribution in [0.3, 0.4) is 0 Å². The molecule has 1 saturated heterocycles. The zero-order valence-electron chi connectivity index (χ0n) is 11.2. The number of nitrogen functional groups attached to an aromatic ring is 1. The minimum atomic E-state index is -0.401. The number of aromatic nitrogens is 1. The van der Waals surface area contributed by atoms with Gasteiger partial charge in [0.25, 0.3) is 0 Å². The van der Waals surface area contributed by atoms with Crippen molar-refractivity contribution in [1.29, 1.82) is 0 Å². The highest BCUT2D eigenvalue weighted by Gasteiger charge is 2.26. The summed E-state index contributed by atoms with van der Waals surface area (Å²) in [5.41, 5.74) is 6.18. The molecule has 2 rings (SSSR count). The first-order valence-electron chi connectivity index (χ1n) is 6.42. The third-order valence-electron chi connectivity index (χ3n) is 2.92. The van der Waals surface area contributed by atoms with Crippen LogP contribution in [0.15, 0.2) is 0 Å². The van der Waals surface area contributed by atoms with Crippen molar-refractivity contribution in [1.82, 2.24) is 4.37 Å². The fourth-order valence-corrected chi connectivity index (χ4v) is 2.92. The number of esters is 1. The number of ether oxygens (including phenoxy) is 2. The first kappa shape index (κ1) is 14.1. The highest BCUT2D eigenvalue weighted by Crippen LogP contribution is 2.32. The van der Waals surface area contributed by atoms with E-state index in [1.807, 2.05) is 6.92 Å². The third-order valence-corrected chi connectivity index (χ3v) is 3.84. The number of nitrogens with zero attached hydrogens (tertiary/aromatic N) is 2. The summed E-state index contributed by atoms with van der Waals surface area (Å²) in [4.78, 5) is 14.1. The molecule has 0 aromatic carbocycles. The molecule has 106 valence electrons. The topological polar surface area (TPSA) is 77.7 Å². The zero-order chi connectivity index (χ0) is 13.8. The summed E-state index contributed by atoms with van der Waals surface area (Å²) in [6.07, 6.45) is 1.05. The highest BCUT2D eigenvalue weighted by molar-refractivity contribution is 7.11. The normalized spacial score (nSPS) is 20.1. The Labute approximate surface area is 116 Å². The number of anilines is 2. The molecule has 2 N–H and O–H groups in total. The molecule has 1 aliphatic rings. The van der Waals surface area contributed by atoms with Crippen molar-refractivity contribution in [2.45, 2.75) is 26.4 Å². The van der Waals surface area contributed by atoms with Crippen LogP contribution in [0.25, 0.3) is 0 Å². The fourth-order valence-electron chi connectivity index (χ4n) is 2.08. The summed E-state index contributed by atoms with van der Waals surface area (Å²) in [7, 11) is 0. The Hall–Kier alpha value is -1.34. The quantitative estimate of drug-likeness (QED) is 0.848. The van der Waals surface area contributed by atoms with E-state index in [2.05, 4.69) is 9.27 Å². The first-order valence-corrected chi connectivity index (χ1v) is 7.19. The molecule has 0 radical (unpaired) electrons. The Morgan fingerprint density at radius 1 is 1.68 bits per heavy atom. The summed E-state index contributed by atoms with van der Waals surface area (Å²) in [6.45, 7) is 6.42. The maximum atomic E-state index is 12.0. The predicted molar refractivity (Wildman–Crippen MR) is 74.7 cm³/mol. The molecular formula is C12H19N3O3S. The van der Waals surface area contributed by atoms with Crippen molar-refractivity contribution in [3.05, 3.63) is 5.56 Å². The van der Waals surface area contributed by atoms with E-state index in [9.17, 15) is 4.79 Å². The molecular weight excluding hydrogens is 266 g/mol. The van der Waals surface area contributed by atoms with Gasteiger partial charge in [-0.1, -0.05) is 0 Å². The van der Waals surface area contributed by atoms with E-state index in [0.29, 0.717) is 12.2 Å². The van der Waals surface area contributed by atoms with Gasteiger partial charge in [0.05, 0.1) is 12.7 Å². The number of carbonyl (C=O) groups is 1. The van der Waals surface area contributed by atoms with Gasteiger partial charge in [-0.3, -0.25) is 0 Å². The monoisotopic (exact) mass is 285 g/mol. The predicted octanol–water partition coefficient (Wildman–Crippen LogP) is 1.52. The van der Waals surface area contributed by atoms with E-state index in [0.717, 1.165) is 31.1 Å². The zero-order valence-corrected chi connectivity index (χ0v) is 12.0. The smallest absolute Gasteiger partial charge is 0.345 e. The Morgan fingerprint density at radius 3 is 3.21 bits per heavy atom. The Morgan fingerprint density at radius 2 is 2.47 bits per heavy atom. The van der Waals surface area contributed by atoms with Gasteiger partial charge < -0.3 is 20.1 Å². The van der Waals surface area contributed by atoms with E-state index in [1.165, 1.54) is 11.5 Å². The van der Waals surface area contributed by atoms with Crippen LogP contribution in [0.2, 0.25) is 0 Å². The van der Waals surface area contributed by atoms with E-state index >= 15 is 0 Å². The average molecular weight is 285 g/mol. The SMILES string of the molecule is CCOC(=O)c1c(N)nsc1N1CCCOC(C)C1. The Kier molecular flexibility index (Phi) is 4.60. The van der Waals surface area contributed by atoms with Crippen LogP contribution in [0.1, 0.15) is 30.6 Å². The van der Waals surface area contributed by atoms with E-state index in [-0.39, 0.29) is 11.9 Å². The van der Waals surface area contributed by atoms with Gasteiger partial charge in [-0.15, -0.1) is 0 Å². The van der Waals surface area contributed by atoms with Crippen molar-refractivity contribution in [3.63, 3.8) is 0 Å². The lowest BCUT2D eigenvalue weighted by Crippen LogP contribution is -2.30. The summed E-state index contributed by atoms with van der Waals surface area (Å²) in [6, 6.07) is 0. The molecule has 1 unspecified atom stereocenters. The number of hydrogen-bond acceptors (Lipinski definition) is 7. The molecule has 19 heavy (non-hydrogen) atoms. The van der Waals surface area contributed by atoms with E-state index in [4.69, 9.17) is 15.2 Å². The second-order valence-corrected chi connectivity index (χ2v) is 5.20. The minimum Gasteiger partial charge on any atom is -0.462 e. The van der Waals surface area contributed by atoms with Crippen LogP contribution in [-0.4, -0.2) is 42.8 Å². The lowest BCUT2D eigenvalue weighted by molar-refractivity contribution is 0.0528. The van der Waals surface area contributed by atoms with Gasteiger partial charge in [0, 0.05) is 19.7 Å². The maximum absolute atomic E-state index is 12.0. The van der Waals surface area contributed by atoms with Crippen molar-refractivity contribution in [2.24, 2.45) is 0 Å². The standard InChI is InChI=1S/C12H19N3O3S/c1-3-17-12(16)9-10(13)14-19-11(9)15-5-4-6-18-8(2)7-15/h8H,3-7H2,1-2H3,(H2,13,14). The van der Waals surface area contributed by atoms with Crippen LogP contribution in [0, 0.1) is 0 Å². The van der Waals surface area contributed by atoms with Crippen LogP contribution >= 0.6 is 11.5 Å². The van der Waals surface area contributed by atoms with Gasteiger partial charge >= 0.3 is 5.97 Å². The molecule has 1 fully saturated rings. The number of nitrogens with two attached hydrogens (primary N) is 1. The van der Waals surface area contributed by atoms with Crippen molar-refractivity contribution in [3.8, 4) is 0 Å². The number of hydrogen-bond donors (Lipinski definition) is 1.